The van der Waals surface area contributed by atoms with Crippen LogP contribution in [0.5, 0.6) is 0 Å². The highest BCUT2D eigenvalue weighted by atomic mass is 79.9. The van der Waals surface area contributed by atoms with Crippen LogP contribution in [0.4, 0.5) is 11.4 Å². The number of anilines is 2. The Hall–Kier alpha value is -2.65. The highest BCUT2D eigenvalue weighted by molar-refractivity contribution is 9.10. The lowest BCUT2D eigenvalue weighted by atomic mass is 10.2. The molecule has 1 fully saturated rings. The molecular formula is C20H20BrN5O2S. The van der Waals surface area contributed by atoms with Gasteiger partial charge in [-0.25, -0.2) is 0 Å². The molecule has 1 aliphatic rings. The Labute approximate surface area is 181 Å². The molecule has 1 atom stereocenters. The zero-order chi connectivity index (χ0) is 20.8. The van der Waals surface area contributed by atoms with E-state index in [1.54, 1.807) is 18.3 Å². The van der Waals surface area contributed by atoms with Crippen molar-refractivity contribution >= 4 is 62.3 Å². The van der Waals surface area contributed by atoms with E-state index in [2.05, 4.69) is 36.8 Å². The number of amidine groups is 1. The van der Waals surface area contributed by atoms with Crippen LogP contribution in [0.15, 0.2) is 63.2 Å². The van der Waals surface area contributed by atoms with Gasteiger partial charge in [0.05, 0.1) is 6.21 Å². The van der Waals surface area contributed by atoms with Crippen molar-refractivity contribution < 1.29 is 9.59 Å². The van der Waals surface area contributed by atoms with Crippen molar-refractivity contribution in [3.63, 3.8) is 0 Å². The van der Waals surface area contributed by atoms with Crippen LogP contribution in [-0.2, 0) is 9.59 Å². The van der Waals surface area contributed by atoms with E-state index in [9.17, 15) is 9.59 Å². The van der Waals surface area contributed by atoms with Gasteiger partial charge in [-0.3, -0.25) is 9.59 Å². The first kappa shape index (κ1) is 21.1. The van der Waals surface area contributed by atoms with Gasteiger partial charge in [0, 0.05) is 36.4 Å². The Kier molecular flexibility index (Phi) is 7.05. The number of nitrogens with one attached hydrogen (secondary N) is 2. The summed E-state index contributed by atoms with van der Waals surface area (Å²) in [5.74, 6) is -0.507. The maximum absolute atomic E-state index is 12.5. The van der Waals surface area contributed by atoms with Crippen LogP contribution in [-0.4, -0.2) is 42.5 Å². The highest BCUT2D eigenvalue weighted by Gasteiger charge is 2.30. The molecule has 1 unspecified atom stereocenters. The fraction of sp³-hybridized carbons (Fsp3) is 0.200. The number of carbonyl (C=O) groups is 2. The lowest BCUT2D eigenvalue weighted by Gasteiger charge is -2.21. The van der Waals surface area contributed by atoms with Gasteiger partial charge in [0.1, 0.15) is 5.25 Å². The van der Waals surface area contributed by atoms with Crippen molar-refractivity contribution in [2.24, 2.45) is 10.2 Å². The van der Waals surface area contributed by atoms with Crippen LogP contribution >= 0.6 is 27.7 Å². The number of hydrogen-bond donors (Lipinski definition) is 2. The molecule has 9 heteroatoms. The highest BCUT2D eigenvalue weighted by Crippen LogP contribution is 2.23. The lowest BCUT2D eigenvalue weighted by molar-refractivity contribution is -0.123. The molecule has 1 saturated heterocycles. The molecule has 2 aromatic carbocycles. The fourth-order valence-electron chi connectivity index (χ4n) is 2.50. The van der Waals surface area contributed by atoms with E-state index >= 15 is 0 Å². The predicted octanol–water partition coefficient (Wildman–Crippen LogP) is 3.47. The molecule has 0 bridgehead atoms. The SMILES string of the molecule is CN(C)c1ccc(C=NN=C2NC(=O)CC(C(=O)Nc3ccc(Br)cc3)S2)cc1. The van der Waals surface area contributed by atoms with Crippen LogP contribution in [0, 0.1) is 0 Å². The second-order valence-corrected chi connectivity index (χ2v) is 8.60. The first-order chi connectivity index (χ1) is 13.9. The Balaban J connectivity index is 1.63. The maximum atomic E-state index is 12.5. The average Bonchev–Trinajstić information content (AvgIpc) is 2.69. The molecule has 2 N–H and O–H groups in total. The molecule has 0 aromatic heterocycles. The van der Waals surface area contributed by atoms with Crippen LogP contribution < -0.4 is 15.5 Å². The first-order valence-corrected chi connectivity index (χ1v) is 10.5. The molecule has 0 radical (unpaired) electrons. The average molecular weight is 474 g/mol. The normalized spacial score (nSPS) is 18.0. The Bertz CT molecular complexity index is 942. The summed E-state index contributed by atoms with van der Waals surface area (Å²) in [6.45, 7) is 0. The summed E-state index contributed by atoms with van der Waals surface area (Å²) in [6, 6.07) is 15.1. The van der Waals surface area contributed by atoms with Crippen molar-refractivity contribution in [1.29, 1.82) is 0 Å². The Morgan fingerprint density at radius 2 is 1.90 bits per heavy atom. The quantitative estimate of drug-likeness (QED) is 0.514. The van der Waals surface area contributed by atoms with E-state index in [4.69, 9.17) is 0 Å². The second-order valence-electron chi connectivity index (χ2n) is 6.49. The van der Waals surface area contributed by atoms with Crippen molar-refractivity contribution in [3.05, 3.63) is 58.6 Å². The largest absolute Gasteiger partial charge is 0.378 e. The Morgan fingerprint density at radius 1 is 1.21 bits per heavy atom. The molecule has 3 rings (SSSR count). The number of hydrogen-bond acceptors (Lipinski definition) is 6. The zero-order valence-corrected chi connectivity index (χ0v) is 18.3. The summed E-state index contributed by atoms with van der Waals surface area (Å²) in [7, 11) is 3.95. The maximum Gasteiger partial charge on any atom is 0.238 e. The minimum Gasteiger partial charge on any atom is -0.378 e. The molecule has 7 nitrogen and oxygen atoms in total. The first-order valence-electron chi connectivity index (χ1n) is 8.82. The molecular weight excluding hydrogens is 454 g/mol. The molecule has 0 spiro atoms. The number of benzene rings is 2. The van der Waals surface area contributed by atoms with E-state index in [0.29, 0.717) is 10.9 Å². The summed E-state index contributed by atoms with van der Waals surface area (Å²) in [5, 5.41) is 13.3. The smallest absolute Gasteiger partial charge is 0.238 e. The summed E-state index contributed by atoms with van der Waals surface area (Å²) in [4.78, 5) is 26.5. The minimum atomic E-state index is -0.569. The fourth-order valence-corrected chi connectivity index (χ4v) is 3.70. The van der Waals surface area contributed by atoms with Crippen molar-refractivity contribution in [2.75, 3.05) is 24.3 Å². The molecule has 0 aliphatic carbocycles. The van der Waals surface area contributed by atoms with Gasteiger partial charge in [0.25, 0.3) is 0 Å². The molecule has 1 aliphatic heterocycles. The van der Waals surface area contributed by atoms with E-state index in [1.165, 1.54) is 11.8 Å². The van der Waals surface area contributed by atoms with Crippen molar-refractivity contribution in [2.45, 2.75) is 11.7 Å². The molecule has 1 heterocycles. The molecule has 0 saturated carbocycles. The molecule has 150 valence electrons. The molecule has 29 heavy (non-hydrogen) atoms. The minimum absolute atomic E-state index is 0.0851. The standard InChI is InChI=1S/C20H20BrN5O2S/c1-26(2)16-9-3-13(4-10-16)12-22-25-20-24-18(27)11-17(29-20)19(28)23-15-7-5-14(21)6-8-15/h3-10,12,17H,11H2,1-2H3,(H,23,28)(H,24,25,27). The topological polar surface area (TPSA) is 86.2 Å². The zero-order valence-electron chi connectivity index (χ0n) is 15.9. The third-order valence-electron chi connectivity index (χ3n) is 4.04. The van der Waals surface area contributed by atoms with Crippen LogP contribution in [0.1, 0.15) is 12.0 Å². The van der Waals surface area contributed by atoms with Crippen LogP contribution in [0.2, 0.25) is 0 Å². The molecule has 2 aromatic rings. The van der Waals surface area contributed by atoms with Gasteiger partial charge in [-0.05, 0) is 42.0 Å². The summed E-state index contributed by atoms with van der Waals surface area (Å²) in [5.41, 5.74) is 2.64. The number of halogens is 1. The lowest BCUT2D eigenvalue weighted by Crippen LogP contribution is -2.41. The third-order valence-corrected chi connectivity index (χ3v) is 5.64. The number of amides is 2. The van der Waals surface area contributed by atoms with Gasteiger partial charge < -0.3 is 15.5 Å². The predicted molar refractivity (Wildman–Crippen MR) is 123 cm³/mol. The van der Waals surface area contributed by atoms with E-state index in [1.807, 2.05) is 55.4 Å². The monoisotopic (exact) mass is 473 g/mol. The second kappa shape index (κ2) is 9.71. The van der Waals surface area contributed by atoms with Crippen LogP contribution in [0.25, 0.3) is 0 Å². The number of carbonyl (C=O) groups excluding carboxylic acids is 2. The van der Waals surface area contributed by atoms with Gasteiger partial charge in [-0.15, -0.1) is 5.10 Å². The number of rotatable bonds is 5. The Morgan fingerprint density at radius 3 is 2.55 bits per heavy atom. The van der Waals surface area contributed by atoms with Gasteiger partial charge in [-0.2, -0.15) is 5.10 Å². The molecule has 2 amide bonds. The van der Waals surface area contributed by atoms with Crippen molar-refractivity contribution in [3.8, 4) is 0 Å². The van der Waals surface area contributed by atoms with Gasteiger partial charge >= 0.3 is 0 Å². The van der Waals surface area contributed by atoms with Crippen molar-refractivity contribution in [1.82, 2.24) is 5.32 Å². The van der Waals surface area contributed by atoms with Gasteiger partial charge in [0.2, 0.25) is 11.8 Å². The van der Waals surface area contributed by atoms with E-state index in [-0.39, 0.29) is 18.2 Å². The number of thioether (sulfide) groups is 1. The summed E-state index contributed by atoms with van der Waals surface area (Å²) >= 11 is 4.54. The van der Waals surface area contributed by atoms with Gasteiger partial charge in [-0.1, -0.05) is 39.8 Å². The summed E-state index contributed by atoms with van der Waals surface area (Å²) in [6.07, 6.45) is 1.69. The third kappa shape index (κ3) is 6.16. The van der Waals surface area contributed by atoms with Crippen LogP contribution in [0.3, 0.4) is 0 Å². The van der Waals surface area contributed by atoms with Gasteiger partial charge in [0.15, 0.2) is 5.17 Å². The number of nitrogens with zero attached hydrogens (tertiary/aromatic N) is 3. The van der Waals surface area contributed by atoms with E-state index in [0.717, 1.165) is 15.7 Å². The summed E-state index contributed by atoms with van der Waals surface area (Å²) < 4.78 is 0.922. The van der Waals surface area contributed by atoms with E-state index < -0.39 is 5.25 Å².